The van der Waals surface area contributed by atoms with Crippen LogP contribution in [0.5, 0.6) is 0 Å². The van der Waals surface area contributed by atoms with Crippen molar-refractivity contribution in [3.8, 4) is 0 Å². The summed E-state index contributed by atoms with van der Waals surface area (Å²) in [5.41, 5.74) is 1.36. The number of nitrogens with zero attached hydrogens (tertiary/aromatic N) is 1. The highest BCUT2D eigenvalue weighted by Crippen LogP contribution is 2.45. The average molecular weight is 409 g/mol. The van der Waals surface area contributed by atoms with Crippen LogP contribution < -0.4 is 4.90 Å². The molecule has 1 aliphatic heterocycles. The molecule has 0 aromatic heterocycles. The van der Waals surface area contributed by atoms with E-state index in [9.17, 15) is 9.59 Å². The fourth-order valence-corrected chi connectivity index (χ4v) is 3.93. The summed E-state index contributed by atoms with van der Waals surface area (Å²) in [4.78, 5) is 26.0. The van der Waals surface area contributed by atoms with E-state index in [0.29, 0.717) is 22.0 Å². The molecule has 2 aromatic carbocycles. The van der Waals surface area contributed by atoms with E-state index >= 15 is 0 Å². The summed E-state index contributed by atoms with van der Waals surface area (Å²) < 4.78 is 0. The molecule has 1 unspecified atom stereocenters. The van der Waals surface area contributed by atoms with E-state index < -0.39 is 16.6 Å². The smallest absolute Gasteiger partial charge is 0.265 e. The van der Waals surface area contributed by atoms with Crippen LogP contribution in [0.3, 0.4) is 0 Å². The van der Waals surface area contributed by atoms with Crippen molar-refractivity contribution >= 4 is 52.2 Å². The normalized spacial score (nSPS) is 20.9. The van der Waals surface area contributed by atoms with Gasteiger partial charge < -0.3 is 0 Å². The second-order valence-corrected chi connectivity index (χ2v) is 7.71. The molecule has 0 spiro atoms. The van der Waals surface area contributed by atoms with Crippen molar-refractivity contribution in [1.82, 2.24) is 0 Å². The Kier molecular flexibility index (Phi) is 5.16. The predicted molar refractivity (Wildman–Crippen MR) is 106 cm³/mol. The molecular formula is C20H16Cl3NO2. The monoisotopic (exact) mass is 407 g/mol. The Balaban J connectivity index is 2.26. The van der Waals surface area contributed by atoms with Gasteiger partial charge in [-0.15, -0.1) is 0 Å². The molecule has 3 nitrogen and oxygen atoms in total. The summed E-state index contributed by atoms with van der Waals surface area (Å²) in [5, 5.41) is 0.504. The summed E-state index contributed by atoms with van der Waals surface area (Å²) in [7, 11) is 0. The van der Waals surface area contributed by atoms with Gasteiger partial charge in [0.05, 0.1) is 5.70 Å². The molecule has 1 amide bonds. The molecule has 1 atom stereocenters. The van der Waals surface area contributed by atoms with E-state index in [1.165, 1.54) is 4.90 Å². The molecule has 6 heteroatoms. The first-order valence-corrected chi connectivity index (χ1v) is 9.21. The number of carbonyl (C=O) groups is 2. The number of anilines is 1. The van der Waals surface area contributed by atoms with Gasteiger partial charge in [0.2, 0.25) is 10.7 Å². The number of hydrogen-bond acceptors (Lipinski definition) is 2. The van der Waals surface area contributed by atoms with Crippen LogP contribution in [0, 0.1) is 5.92 Å². The number of carbonyl (C=O) groups excluding carboxylic acids is 2. The lowest BCUT2D eigenvalue weighted by Crippen LogP contribution is -2.53. The second kappa shape index (κ2) is 7.07. The quantitative estimate of drug-likeness (QED) is 0.497. The summed E-state index contributed by atoms with van der Waals surface area (Å²) in [6, 6.07) is 15.3. The zero-order valence-corrected chi connectivity index (χ0v) is 16.4. The number of ketones is 1. The summed E-state index contributed by atoms with van der Waals surface area (Å²) in [6.07, 6.45) is 0. The fraction of sp³-hybridized carbons (Fsp3) is 0.200. The molecule has 2 aromatic rings. The Bertz CT molecular complexity index is 891. The van der Waals surface area contributed by atoms with E-state index in [1.807, 2.05) is 13.8 Å². The van der Waals surface area contributed by atoms with Crippen LogP contribution >= 0.6 is 34.8 Å². The maximum absolute atomic E-state index is 13.5. The van der Waals surface area contributed by atoms with Gasteiger partial charge in [0.15, 0.2) is 0 Å². The van der Waals surface area contributed by atoms with Gasteiger partial charge >= 0.3 is 0 Å². The third kappa shape index (κ3) is 2.94. The standard InChI is InChI=1S/C20H16Cl3NO2/c1-12(2)17-16(22)18(25)20(23,13-6-4-3-5-7-13)19(26)24(17)15-10-8-14(21)9-11-15/h3-12H,1-2H3. The summed E-state index contributed by atoms with van der Waals surface area (Å²) >= 11 is 19.1. The molecular weight excluding hydrogens is 393 g/mol. The lowest BCUT2D eigenvalue weighted by atomic mass is 9.86. The van der Waals surface area contributed by atoms with Gasteiger partial charge in [-0.1, -0.05) is 79.0 Å². The van der Waals surface area contributed by atoms with Crippen LogP contribution in [0.4, 0.5) is 5.69 Å². The SMILES string of the molecule is CC(C)C1=C(Cl)C(=O)C(Cl)(c2ccccc2)C(=O)N1c1ccc(Cl)cc1. The molecule has 1 heterocycles. The Labute approximate surface area is 167 Å². The minimum Gasteiger partial charge on any atom is -0.290 e. The zero-order valence-electron chi connectivity index (χ0n) is 14.2. The number of alkyl halides is 1. The van der Waals surface area contributed by atoms with Gasteiger partial charge in [-0.25, -0.2) is 0 Å². The third-order valence-corrected chi connectivity index (χ3v) is 5.45. The molecule has 0 N–H and O–H groups in total. The first-order valence-electron chi connectivity index (χ1n) is 8.07. The maximum Gasteiger partial charge on any atom is 0.265 e. The topological polar surface area (TPSA) is 37.4 Å². The van der Waals surface area contributed by atoms with Crippen LogP contribution in [0.1, 0.15) is 19.4 Å². The van der Waals surface area contributed by atoms with Crippen molar-refractivity contribution in [3.63, 3.8) is 0 Å². The van der Waals surface area contributed by atoms with E-state index in [0.717, 1.165) is 0 Å². The summed E-state index contributed by atoms with van der Waals surface area (Å²) in [6.45, 7) is 3.73. The molecule has 0 bridgehead atoms. The van der Waals surface area contributed by atoms with Crippen LogP contribution in [0.15, 0.2) is 65.3 Å². The van der Waals surface area contributed by atoms with Crippen molar-refractivity contribution in [2.24, 2.45) is 5.92 Å². The molecule has 0 fully saturated rings. The van der Waals surface area contributed by atoms with Gasteiger partial charge in [-0.3, -0.25) is 14.5 Å². The highest BCUT2D eigenvalue weighted by Gasteiger charge is 2.54. The van der Waals surface area contributed by atoms with Crippen LogP contribution in [0.2, 0.25) is 5.02 Å². The second-order valence-electron chi connectivity index (χ2n) is 6.32. The number of halogens is 3. The van der Waals surface area contributed by atoms with Crippen LogP contribution in [-0.4, -0.2) is 11.7 Å². The number of allylic oxidation sites excluding steroid dienone is 2. The van der Waals surface area contributed by atoms with E-state index in [4.69, 9.17) is 34.8 Å². The molecule has 3 rings (SSSR count). The van der Waals surface area contributed by atoms with Crippen molar-refractivity contribution in [1.29, 1.82) is 0 Å². The molecule has 0 radical (unpaired) electrons. The number of benzene rings is 2. The van der Waals surface area contributed by atoms with Gasteiger partial charge in [0.1, 0.15) is 5.03 Å². The van der Waals surface area contributed by atoms with E-state index in [2.05, 4.69) is 0 Å². The first-order chi connectivity index (χ1) is 12.3. The average Bonchev–Trinajstić information content (AvgIpc) is 2.64. The number of amides is 1. The Morgan fingerprint density at radius 1 is 0.923 bits per heavy atom. The lowest BCUT2D eigenvalue weighted by Gasteiger charge is -2.39. The minimum atomic E-state index is -1.91. The van der Waals surface area contributed by atoms with Crippen molar-refractivity contribution in [2.75, 3.05) is 4.90 Å². The van der Waals surface area contributed by atoms with Crippen molar-refractivity contribution < 1.29 is 9.59 Å². The Morgan fingerprint density at radius 2 is 1.50 bits per heavy atom. The molecule has 0 aliphatic carbocycles. The highest BCUT2D eigenvalue weighted by atomic mass is 35.5. The third-order valence-electron chi connectivity index (χ3n) is 4.28. The Morgan fingerprint density at radius 3 is 2.04 bits per heavy atom. The number of rotatable bonds is 3. The van der Waals surface area contributed by atoms with Crippen molar-refractivity contribution in [2.45, 2.75) is 18.7 Å². The van der Waals surface area contributed by atoms with Crippen LogP contribution in [0.25, 0.3) is 0 Å². The summed E-state index contributed by atoms with van der Waals surface area (Å²) in [5.74, 6) is -1.32. The van der Waals surface area contributed by atoms with E-state index in [-0.39, 0.29) is 11.0 Å². The first kappa shape index (κ1) is 19.0. The minimum absolute atomic E-state index is 0.0339. The zero-order chi connectivity index (χ0) is 19.1. The van der Waals surface area contributed by atoms with Gasteiger partial charge in [0, 0.05) is 10.7 Å². The Hall–Kier alpha value is -1.81. The highest BCUT2D eigenvalue weighted by molar-refractivity contribution is 6.58. The lowest BCUT2D eigenvalue weighted by molar-refractivity contribution is -0.129. The molecule has 26 heavy (non-hydrogen) atoms. The predicted octanol–water partition coefficient (Wildman–Crippen LogP) is 5.50. The van der Waals surface area contributed by atoms with Gasteiger partial charge in [-0.05, 0) is 35.7 Å². The van der Waals surface area contributed by atoms with E-state index in [1.54, 1.807) is 54.6 Å². The van der Waals surface area contributed by atoms with Gasteiger partial charge in [-0.2, -0.15) is 0 Å². The molecule has 1 aliphatic rings. The largest absolute Gasteiger partial charge is 0.290 e. The fourth-order valence-electron chi connectivity index (χ4n) is 3.01. The van der Waals surface area contributed by atoms with Gasteiger partial charge in [0.25, 0.3) is 5.91 Å². The number of hydrogen-bond donors (Lipinski definition) is 0. The maximum atomic E-state index is 13.5. The molecule has 134 valence electrons. The number of Topliss-reactive ketones (excluding diaryl/α,β-unsaturated/α-hetero) is 1. The molecule has 0 saturated heterocycles. The van der Waals surface area contributed by atoms with Crippen LogP contribution in [-0.2, 0) is 14.5 Å². The molecule has 0 saturated carbocycles. The van der Waals surface area contributed by atoms with Crippen molar-refractivity contribution in [3.05, 3.63) is 75.9 Å².